The number of hydrogen-bond acceptors (Lipinski definition) is 3. The third-order valence-corrected chi connectivity index (χ3v) is 4.69. The van der Waals surface area contributed by atoms with Crippen LogP contribution in [-0.2, 0) is 11.3 Å². The molecule has 1 fully saturated rings. The van der Waals surface area contributed by atoms with Gasteiger partial charge in [0.15, 0.2) is 0 Å². The number of carbonyl (C=O) groups is 1. The maximum absolute atomic E-state index is 13.2. The van der Waals surface area contributed by atoms with Gasteiger partial charge in [0, 0.05) is 11.9 Å². The first-order chi connectivity index (χ1) is 12.1. The van der Waals surface area contributed by atoms with Gasteiger partial charge in [-0.3, -0.25) is 9.48 Å². The summed E-state index contributed by atoms with van der Waals surface area (Å²) in [4.78, 5) is 14.5. The van der Waals surface area contributed by atoms with Gasteiger partial charge in [0.25, 0.3) is 0 Å². The molecule has 1 N–H and O–H groups in total. The Labute approximate surface area is 144 Å². The molecule has 5 nitrogen and oxygen atoms in total. The average molecular weight is 339 g/mol. The predicted molar refractivity (Wildman–Crippen MR) is 91.2 cm³/mol. The van der Waals surface area contributed by atoms with Crippen molar-refractivity contribution in [2.75, 3.05) is 6.54 Å². The Hall–Kier alpha value is -2.73. The Balaban J connectivity index is 1.58. The molecule has 6 heteroatoms. The topological polar surface area (TPSA) is 58.4 Å². The van der Waals surface area contributed by atoms with E-state index in [9.17, 15) is 14.3 Å². The molecule has 2 heterocycles. The van der Waals surface area contributed by atoms with Crippen molar-refractivity contribution in [1.82, 2.24) is 14.7 Å². The zero-order valence-electron chi connectivity index (χ0n) is 13.5. The lowest BCUT2D eigenvalue weighted by atomic mass is 10.0. The van der Waals surface area contributed by atoms with Crippen LogP contribution in [-0.4, -0.2) is 38.3 Å². The Bertz CT molecular complexity index is 906. The van der Waals surface area contributed by atoms with Gasteiger partial charge in [0.2, 0.25) is 5.91 Å². The number of nitrogens with zero attached hydrogens (tertiary/aromatic N) is 3. The van der Waals surface area contributed by atoms with E-state index in [0.29, 0.717) is 6.42 Å². The zero-order chi connectivity index (χ0) is 17.4. The maximum atomic E-state index is 13.2. The number of hydrogen-bond donors (Lipinski definition) is 1. The lowest BCUT2D eigenvalue weighted by Gasteiger charge is -2.25. The van der Waals surface area contributed by atoms with Crippen LogP contribution < -0.4 is 0 Å². The van der Waals surface area contributed by atoms with Crippen molar-refractivity contribution in [3.8, 4) is 0 Å². The summed E-state index contributed by atoms with van der Waals surface area (Å²) in [5.74, 6) is -0.428. The molecule has 1 aromatic heterocycles. The molecule has 0 spiro atoms. The van der Waals surface area contributed by atoms with Crippen molar-refractivity contribution in [1.29, 1.82) is 0 Å². The summed E-state index contributed by atoms with van der Waals surface area (Å²) in [5.41, 5.74) is 1.73. The van der Waals surface area contributed by atoms with Gasteiger partial charge in [-0.15, -0.1) is 0 Å². The number of halogens is 1. The summed E-state index contributed by atoms with van der Waals surface area (Å²) in [6.07, 6.45) is 1.62. The van der Waals surface area contributed by atoms with Crippen LogP contribution in [0.1, 0.15) is 18.0 Å². The van der Waals surface area contributed by atoms with E-state index in [0.717, 1.165) is 16.5 Å². The highest BCUT2D eigenvalue weighted by molar-refractivity contribution is 5.82. The van der Waals surface area contributed by atoms with E-state index in [2.05, 4.69) is 5.10 Å². The molecule has 2 aromatic carbocycles. The number of aliphatic hydroxyl groups excluding tert-OH is 1. The summed E-state index contributed by atoms with van der Waals surface area (Å²) in [6, 6.07) is 13.6. The smallest absolute Gasteiger partial charge is 0.244 e. The molecule has 0 aliphatic carbocycles. The number of para-hydroxylation sites is 1. The molecule has 128 valence electrons. The number of fused-ring (bicyclic) bond motifs is 1. The maximum Gasteiger partial charge on any atom is 0.244 e. The number of aliphatic hydroxyl groups is 1. The predicted octanol–water partition coefficient (Wildman–Crippen LogP) is 2.51. The SMILES string of the molecule is O=C(Cn1ncc2ccccc21)N1C[C@@H](O)C[C@H]1c1ccc(F)cc1. The highest BCUT2D eigenvalue weighted by atomic mass is 19.1. The second-order valence-electron chi connectivity index (χ2n) is 6.36. The Morgan fingerprint density at radius 3 is 2.76 bits per heavy atom. The quantitative estimate of drug-likeness (QED) is 0.798. The van der Waals surface area contributed by atoms with Crippen molar-refractivity contribution in [3.05, 3.63) is 66.1 Å². The van der Waals surface area contributed by atoms with Crippen molar-refractivity contribution < 1.29 is 14.3 Å². The van der Waals surface area contributed by atoms with Crippen LogP contribution in [0, 0.1) is 5.82 Å². The van der Waals surface area contributed by atoms with E-state index in [1.165, 1.54) is 12.1 Å². The Morgan fingerprint density at radius 1 is 1.20 bits per heavy atom. The fourth-order valence-corrected chi connectivity index (χ4v) is 3.46. The molecule has 0 saturated carbocycles. The molecule has 1 amide bonds. The molecule has 2 atom stereocenters. The highest BCUT2D eigenvalue weighted by Gasteiger charge is 2.35. The van der Waals surface area contributed by atoms with Gasteiger partial charge in [0.1, 0.15) is 12.4 Å². The fourth-order valence-electron chi connectivity index (χ4n) is 3.46. The van der Waals surface area contributed by atoms with Crippen LogP contribution >= 0.6 is 0 Å². The molecule has 0 radical (unpaired) electrons. The minimum absolute atomic E-state index is 0.109. The van der Waals surface area contributed by atoms with Crippen LogP contribution in [0.3, 0.4) is 0 Å². The number of rotatable bonds is 3. The van der Waals surface area contributed by atoms with Crippen LogP contribution in [0.4, 0.5) is 4.39 Å². The molecule has 0 unspecified atom stereocenters. The molecular weight excluding hydrogens is 321 g/mol. The molecular formula is C19H18FN3O2. The molecule has 1 aliphatic rings. The van der Waals surface area contributed by atoms with Gasteiger partial charge >= 0.3 is 0 Å². The van der Waals surface area contributed by atoms with Gasteiger partial charge in [0.05, 0.1) is 23.9 Å². The van der Waals surface area contributed by atoms with E-state index < -0.39 is 6.10 Å². The number of likely N-dealkylation sites (tertiary alicyclic amines) is 1. The third kappa shape index (κ3) is 3.00. The van der Waals surface area contributed by atoms with Crippen molar-refractivity contribution in [3.63, 3.8) is 0 Å². The van der Waals surface area contributed by atoms with Crippen LogP contribution in [0.25, 0.3) is 10.9 Å². The Kier molecular flexibility index (Phi) is 3.97. The summed E-state index contributed by atoms with van der Waals surface area (Å²) >= 11 is 0. The number of β-amino-alcohol motifs (C(OH)–C–C–N with tert-alkyl or cyclic N) is 1. The minimum Gasteiger partial charge on any atom is -0.391 e. The van der Waals surface area contributed by atoms with Crippen LogP contribution in [0.15, 0.2) is 54.7 Å². The van der Waals surface area contributed by atoms with Gasteiger partial charge in [-0.1, -0.05) is 30.3 Å². The monoisotopic (exact) mass is 339 g/mol. The largest absolute Gasteiger partial charge is 0.391 e. The zero-order valence-corrected chi connectivity index (χ0v) is 13.5. The van der Waals surface area contributed by atoms with E-state index >= 15 is 0 Å². The number of aromatic nitrogens is 2. The highest BCUT2D eigenvalue weighted by Crippen LogP contribution is 2.32. The van der Waals surface area contributed by atoms with E-state index in [4.69, 9.17) is 0 Å². The summed E-state index contributed by atoms with van der Waals surface area (Å²) < 4.78 is 14.8. The molecule has 4 rings (SSSR count). The Morgan fingerprint density at radius 2 is 1.96 bits per heavy atom. The first kappa shape index (κ1) is 15.8. The van der Waals surface area contributed by atoms with E-state index in [1.807, 2.05) is 24.3 Å². The van der Waals surface area contributed by atoms with Gasteiger partial charge in [-0.2, -0.15) is 5.10 Å². The lowest BCUT2D eigenvalue weighted by Crippen LogP contribution is -2.34. The van der Waals surface area contributed by atoms with Crippen LogP contribution in [0.5, 0.6) is 0 Å². The second kappa shape index (κ2) is 6.29. The molecule has 0 bridgehead atoms. The fraction of sp³-hybridized carbons (Fsp3) is 0.263. The van der Waals surface area contributed by atoms with E-state index in [-0.39, 0.29) is 30.9 Å². The normalized spacial score (nSPS) is 20.3. The van der Waals surface area contributed by atoms with E-state index in [1.54, 1.807) is 27.9 Å². The molecule has 1 saturated heterocycles. The van der Waals surface area contributed by atoms with Gasteiger partial charge in [-0.25, -0.2) is 4.39 Å². The molecule has 25 heavy (non-hydrogen) atoms. The van der Waals surface area contributed by atoms with Crippen molar-refractivity contribution >= 4 is 16.8 Å². The molecule has 3 aromatic rings. The number of benzene rings is 2. The first-order valence-corrected chi connectivity index (χ1v) is 8.25. The summed E-state index contributed by atoms with van der Waals surface area (Å²) in [7, 11) is 0. The summed E-state index contributed by atoms with van der Waals surface area (Å²) in [6.45, 7) is 0.387. The third-order valence-electron chi connectivity index (χ3n) is 4.69. The number of carbonyl (C=O) groups excluding carboxylic acids is 1. The first-order valence-electron chi connectivity index (χ1n) is 8.25. The van der Waals surface area contributed by atoms with Crippen molar-refractivity contribution in [2.24, 2.45) is 0 Å². The summed E-state index contributed by atoms with van der Waals surface area (Å²) in [5, 5.41) is 15.3. The van der Waals surface area contributed by atoms with Crippen LogP contribution in [0.2, 0.25) is 0 Å². The van der Waals surface area contributed by atoms with Gasteiger partial charge < -0.3 is 10.0 Å². The minimum atomic E-state index is -0.576. The average Bonchev–Trinajstić information content (AvgIpc) is 3.20. The standard InChI is InChI=1S/C19H18FN3O2/c20-15-7-5-13(6-8-15)18-9-16(24)11-22(18)19(25)12-23-17-4-2-1-3-14(17)10-21-23/h1-8,10,16,18,24H,9,11-12H2/t16-,18-/m0/s1. The molecule has 1 aliphatic heterocycles. The van der Waals surface area contributed by atoms with Crippen molar-refractivity contribution in [2.45, 2.75) is 25.1 Å². The lowest BCUT2D eigenvalue weighted by molar-refractivity contribution is -0.133. The second-order valence-corrected chi connectivity index (χ2v) is 6.36. The van der Waals surface area contributed by atoms with Gasteiger partial charge in [-0.05, 0) is 30.2 Å². The number of amides is 1.